The maximum Gasteiger partial charge on any atom is 0.261 e. The van der Waals surface area contributed by atoms with E-state index < -0.39 is 28.9 Å². The van der Waals surface area contributed by atoms with Crippen molar-refractivity contribution in [3.63, 3.8) is 0 Å². The number of amides is 1. The van der Waals surface area contributed by atoms with Gasteiger partial charge in [0.1, 0.15) is 17.1 Å². The minimum Gasteiger partial charge on any atom is -0.494 e. The largest absolute Gasteiger partial charge is 0.494 e. The van der Waals surface area contributed by atoms with Crippen molar-refractivity contribution in [1.82, 2.24) is 0 Å². The molecule has 0 radical (unpaired) electrons. The lowest BCUT2D eigenvalue weighted by Gasteiger charge is -2.22. The number of nitrogens with zero attached hydrogens (tertiary/aromatic N) is 1. The van der Waals surface area contributed by atoms with Crippen LogP contribution in [0.15, 0.2) is 24.3 Å². The van der Waals surface area contributed by atoms with Crippen LogP contribution in [0.1, 0.15) is 35.7 Å². The van der Waals surface area contributed by atoms with Crippen LogP contribution in [0.4, 0.5) is 24.5 Å². The predicted octanol–water partition coefficient (Wildman–Crippen LogP) is 4.66. The molecule has 7 heteroatoms. The van der Waals surface area contributed by atoms with Crippen molar-refractivity contribution in [3.05, 3.63) is 52.8 Å². The van der Waals surface area contributed by atoms with E-state index in [9.17, 15) is 18.0 Å². The van der Waals surface area contributed by atoms with E-state index in [1.54, 1.807) is 23.1 Å². The summed E-state index contributed by atoms with van der Waals surface area (Å²) < 4.78 is 49.3. The lowest BCUT2D eigenvalue weighted by Crippen LogP contribution is -2.24. The highest BCUT2D eigenvalue weighted by Crippen LogP contribution is 2.34. The van der Waals surface area contributed by atoms with Gasteiger partial charge < -0.3 is 15.0 Å². The number of carbonyl (C=O) groups excluding carboxylic acids is 1. The van der Waals surface area contributed by atoms with Gasteiger partial charge in [-0.2, -0.15) is 0 Å². The van der Waals surface area contributed by atoms with E-state index in [0.717, 1.165) is 12.8 Å². The molecule has 2 aromatic rings. The third-order valence-electron chi connectivity index (χ3n) is 4.58. The average Bonchev–Trinajstić information content (AvgIpc) is 3.15. The quantitative estimate of drug-likeness (QED) is 0.769. The lowest BCUT2D eigenvalue weighted by atomic mass is 10.0. The van der Waals surface area contributed by atoms with E-state index >= 15 is 0 Å². The Morgan fingerprint density at radius 1 is 1.15 bits per heavy atom. The summed E-state index contributed by atoms with van der Waals surface area (Å²) in [6.45, 7) is 4.67. The smallest absolute Gasteiger partial charge is 0.261 e. The number of anilines is 2. The van der Waals surface area contributed by atoms with Crippen LogP contribution < -0.4 is 15.0 Å². The van der Waals surface area contributed by atoms with Gasteiger partial charge in [-0.1, -0.05) is 6.07 Å². The molecule has 1 fully saturated rings. The second-order valence-corrected chi connectivity index (χ2v) is 6.40. The first-order chi connectivity index (χ1) is 12.9. The van der Waals surface area contributed by atoms with Crippen molar-refractivity contribution < 1.29 is 22.7 Å². The minimum absolute atomic E-state index is 0.0657. The summed E-state index contributed by atoms with van der Waals surface area (Å²) in [7, 11) is 0. The molecule has 0 bridgehead atoms. The fourth-order valence-corrected chi connectivity index (χ4v) is 3.31. The van der Waals surface area contributed by atoms with Gasteiger partial charge in [0.15, 0.2) is 11.6 Å². The molecule has 0 aromatic heterocycles. The van der Waals surface area contributed by atoms with Gasteiger partial charge in [-0.3, -0.25) is 4.79 Å². The molecule has 3 rings (SSSR count). The average molecular weight is 378 g/mol. The Morgan fingerprint density at radius 3 is 2.52 bits per heavy atom. The van der Waals surface area contributed by atoms with Gasteiger partial charge in [0.05, 0.1) is 12.3 Å². The Hall–Kier alpha value is -2.70. The number of benzene rings is 2. The van der Waals surface area contributed by atoms with E-state index in [0.29, 0.717) is 31.1 Å². The van der Waals surface area contributed by atoms with E-state index in [-0.39, 0.29) is 11.3 Å². The first kappa shape index (κ1) is 19.1. The zero-order valence-electron chi connectivity index (χ0n) is 15.2. The number of nitrogens with one attached hydrogen (secondary N) is 1. The highest BCUT2D eigenvalue weighted by molar-refractivity contribution is 6.05. The fraction of sp³-hybridized carbons (Fsp3) is 0.350. The molecule has 1 N–H and O–H groups in total. The van der Waals surface area contributed by atoms with Gasteiger partial charge in [0.25, 0.3) is 5.91 Å². The molecule has 27 heavy (non-hydrogen) atoms. The summed E-state index contributed by atoms with van der Waals surface area (Å²) in [5, 5.41) is 2.40. The lowest BCUT2D eigenvalue weighted by molar-refractivity contribution is 0.101. The minimum atomic E-state index is -1.47. The molecule has 0 saturated carbocycles. The van der Waals surface area contributed by atoms with Crippen LogP contribution in [-0.2, 0) is 0 Å². The van der Waals surface area contributed by atoms with Crippen LogP contribution >= 0.6 is 0 Å². The standard InChI is InChI=1S/C20H21F3N2O2/c1-3-27-14-8-6-7-13(11-14)24-20(26)15-16(21)12(2)19(18(23)17(15)22)25-9-4-5-10-25/h6-8,11H,3-5,9-10H2,1-2H3,(H,24,26). The normalized spacial score (nSPS) is 13.7. The first-order valence-corrected chi connectivity index (χ1v) is 8.90. The Labute approximate surface area is 155 Å². The van der Waals surface area contributed by atoms with Crippen molar-refractivity contribution in [2.45, 2.75) is 26.7 Å². The summed E-state index contributed by atoms with van der Waals surface area (Å²) in [6.07, 6.45) is 1.67. The Kier molecular flexibility index (Phi) is 5.58. The SMILES string of the molecule is CCOc1cccc(NC(=O)c2c(F)c(C)c(N3CCCC3)c(F)c2F)c1. The molecule has 0 atom stereocenters. The topological polar surface area (TPSA) is 41.6 Å². The molecule has 0 spiro atoms. The van der Waals surface area contributed by atoms with Gasteiger partial charge in [0.2, 0.25) is 0 Å². The van der Waals surface area contributed by atoms with Gasteiger partial charge in [-0.05, 0) is 38.8 Å². The van der Waals surface area contributed by atoms with Crippen LogP contribution in [0.5, 0.6) is 5.75 Å². The number of hydrogen-bond donors (Lipinski definition) is 1. The van der Waals surface area contributed by atoms with Gasteiger partial charge in [-0.15, -0.1) is 0 Å². The molecular weight excluding hydrogens is 357 g/mol. The summed E-state index contributed by atoms with van der Waals surface area (Å²) in [5.41, 5.74) is -0.789. The third-order valence-corrected chi connectivity index (χ3v) is 4.58. The molecule has 144 valence electrons. The Balaban J connectivity index is 1.94. The maximum atomic E-state index is 14.8. The van der Waals surface area contributed by atoms with Crippen molar-refractivity contribution in [2.75, 3.05) is 29.9 Å². The molecule has 2 aromatic carbocycles. The molecular formula is C20H21F3N2O2. The zero-order chi connectivity index (χ0) is 19.6. The van der Waals surface area contributed by atoms with Crippen LogP contribution in [0.2, 0.25) is 0 Å². The number of halogens is 3. The van der Waals surface area contributed by atoms with E-state index in [1.165, 1.54) is 13.0 Å². The van der Waals surface area contributed by atoms with Crippen LogP contribution in [0.25, 0.3) is 0 Å². The summed E-state index contributed by atoms with van der Waals surface area (Å²) in [6, 6.07) is 6.40. The second-order valence-electron chi connectivity index (χ2n) is 6.40. The van der Waals surface area contributed by atoms with Crippen molar-refractivity contribution >= 4 is 17.3 Å². The number of rotatable bonds is 5. The van der Waals surface area contributed by atoms with Crippen molar-refractivity contribution in [3.8, 4) is 5.75 Å². The predicted molar refractivity (Wildman–Crippen MR) is 98.1 cm³/mol. The Morgan fingerprint density at radius 2 is 1.85 bits per heavy atom. The van der Waals surface area contributed by atoms with Crippen LogP contribution in [-0.4, -0.2) is 25.6 Å². The summed E-state index contributed by atoms with van der Waals surface area (Å²) >= 11 is 0. The molecule has 1 saturated heterocycles. The maximum absolute atomic E-state index is 14.8. The monoisotopic (exact) mass is 378 g/mol. The summed E-state index contributed by atoms with van der Waals surface area (Å²) in [4.78, 5) is 14.1. The van der Waals surface area contributed by atoms with Crippen molar-refractivity contribution in [1.29, 1.82) is 0 Å². The zero-order valence-corrected chi connectivity index (χ0v) is 15.2. The van der Waals surface area contributed by atoms with Crippen LogP contribution in [0, 0.1) is 24.4 Å². The van der Waals surface area contributed by atoms with E-state index in [2.05, 4.69) is 5.32 Å². The molecule has 4 nitrogen and oxygen atoms in total. The number of hydrogen-bond acceptors (Lipinski definition) is 3. The second kappa shape index (κ2) is 7.90. The molecule has 0 aliphatic carbocycles. The van der Waals surface area contributed by atoms with Crippen LogP contribution in [0.3, 0.4) is 0 Å². The number of carbonyl (C=O) groups is 1. The fourth-order valence-electron chi connectivity index (χ4n) is 3.31. The van der Waals surface area contributed by atoms with E-state index in [4.69, 9.17) is 4.74 Å². The molecule has 1 amide bonds. The molecule has 0 unspecified atom stereocenters. The molecule has 1 heterocycles. The highest BCUT2D eigenvalue weighted by Gasteiger charge is 2.30. The molecule has 1 aliphatic heterocycles. The summed E-state index contributed by atoms with van der Waals surface area (Å²) in [5.74, 6) is -4.26. The van der Waals surface area contributed by atoms with Gasteiger partial charge in [-0.25, -0.2) is 13.2 Å². The Bertz CT molecular complexity index is 836. The molecule has 1 aliphatic rings. The number of ether oxygens (including phenoxy) is 1. The van der Waals surface area contributed by atoms with Gasteiger partial charge >= 0.3 is 0 Å². The van der Waals surface area contributed by atoms with E-state index in [1.807, 2.05) is 6.92 Å². The van der Waals surface area contributed by atoms with Crippen molar-refractivity contribution in [2.24, 2.45) is 0 Å². The highest BCUT2D eigenvalue weighted by atomic mass is 19.2. The first-order valence-electron chi connectivity index (χ1n) is 8.90. The van der Waals surface area contributed by atoms with Gasteiger partial charge in [0, 0.05) is 30.4 Å². The third kappa shape index (κ3) is 3.72.